The SMILES string of the molecule is [Li][Si](C)(c1ccccc1)c1ccccc1. The van der Waals surface area contributed by atoms with Crippen LogP contribution in [0.25, 0.3) is 0 Å². The van der Waals surface area contributed by atoms with Crippen molar-refractivity contribution in [2.75, 3.05) is 0 Å². The van der Waals surface area contributed by atoms with E-state index >= 15 is 0 Å². The molecule has 0 bridgehead atoms. The van der Waals surface area contributed by atoms with Gasteiger partial charge in [-0.15, -0.1) is 0 Å². The summed E-state index contributed by atoms with van der Waals surface area (Å²) < 4.78 is 0. The van der Waals surface area contributed by atoms with Gasteiger partial charge in [-0.05, 0) is 0 Å². The van der Waals surface area contributed by atoms with Gasteiger partial charge in [0, 0.05) is 0 Å². The molecule has 0 spiro atoms. The molecule has 15 heavy (non-hydrogen) atoms. The Labute approximate surface area is 101 Å². The van der Waals surface area contributed by atoms with Gasteiger partial charge in [0.25, 0.3) is 0 Å². The predicted molar refractivity (Wildman–Crippen MR) is 69.5 cm³/mol. The molecular weight excluding hydrogens is 191 g/mol. The van der Waals surface area contributed by atoms with Gasteiger partial charge in [0.1, 0.15) is 0 Å². The standard InChI is InChI=1S/C13H13Si.Li/c1-14(12-8-4-2-5-9-12)13-10-6-3-7-11-13;/h2-11H,1H3;. The number of benzene rings is 2. The Bertz CT molecular complexity index is 381. The molecule has 0 amide bonds. The molecule has 0 saturated heterocycles. The van der Waals surface area contributed by atoms with Crippen molar-refractivity contribution < 1.29 is 0 Å². The zero-order valence-electron chi connectivity index (χ0n) is 9.27. The molecule has 0 aliphatic rings. The topological polar surface area (TPSA) is 0 Å². The number of hydrogen-bond acceptors (Lipinski definition) is 0. The molecule has 0 fully saturated rings. The van der Waals surface area contributed by atoms with Crippen LogP contribution in [0, 0.1) is 0 Å². The third kappa shape index (κ3) is 2.26. The van der Waals surface area contributed by atoms with Crippen molar-refractivity contribution in [2.24, 2.45) is 0 Å². The molecule has 2 rings (SSSR count). The molecule has 2 aromatic carbocycles. The zero-order valence-corrected chi connectivity index (χ0v) is 10.3. The maximum absolute atomic E-state index is 2.40. The van der Waals surface area contributed by atoms with Gasteiger partial charge in [0.15, 0.2) is 0 Å². The first-order valence-electron chi connectivity index (χ1n) is 5.32. The quantitative estimate of drug-likeness (QED) is 0.651. The Kier molecular flexibility index (Phi) is 3.16. The molecular formula is C13H13LiSi. The number of rotatable bonds is 2. The Morgan fingerprint density at radius 1 is 0.733 bits per heavy atom. The van der Waals surface area contributed by atoms with E-state index in [2.05, 4.69) is 84.2 Å². The average Bonchev–Trinajstić information content (AvgIpc) is 2.31. The van der Waals surface area contributed by atoms with Gasteiger partial charge >= 0.3 is 101 Å². The summed E-state index contributed by atoms with van der Waals surface area (Å²) in [6.07, 6.45) is -1.46. The van der Waals surface area contributed by atoms with Gasteiger partial charge in [-0.25, -0.2) is 0 Å². The fourth-order valence-electron chi connectivity index (χ4n) is 1.88. The summed E-state index contributed by atoms with van der Waals surface area (Å²) in [6.45, 7) is 2.40. The van der Waals surface area contributed by atoms with Crippen LogP contribution >= 0.6 is 0 Å². The maximum atomic E-state index is 2.40. The van der Waals surface area contributed by atoms with Crippen LogP contribution in [-0.2, 0) is 0 Å². The van der Waals surface area contributed by atoms with Gasteiger partial charge in [0.2, 0.25) is 0 Å². The third-order valence-corrected chi connectivity index (χ3v) is 6.54. The molecule has 0 heterocycles. The van der Waals surface area contributed by atoms with Crippen LogP contribution < -0.4 is 10.4 Å². The third-order valence-electron chi connectivity index (χ3n) is 2.99. The van der Waals surface area contributed by atoms with Gasteiger partial charge in [0.05, 0.1) is 0 Å². The van der Waals surface area contributed by atoms with E-state index in [0.717, 1.165) is 0 Å². The summed E-state index contributed by atoms with van der Waals surface area (Å²) in [5.41, 5.74) is 0. The van der Waals surface area contributed by atoms with E-state index in [9.17, 15) is 0 Å². The average molecular weight is 204 g/mol. The summed E-state index contributed by atoms with van der Waals surface area (Å²) in [6, 6.07) is 21.7. The molecule has 0 unspecified atom stereocenters. The van der Waals surface area contributed by atoms with Crippen LogP contribution in [0.1, 0.15) is 0 Å². The zero-order chi connectivity index (χ0) is 10.7. The van der Waals surface area contributed by atoms with E-state index in [-0.39, 0.29) is 0 Å². The van der Waals surface area contributed by atoms with Gasteiger partial charge < -0.3 is 0 Å². The van der Waals surface area contributed by atoms with Crippen LogP contribution in [0.3, 0.4) is 0 Å². The van der Waals surface area contributed by atoms with Crippen molar-refractivity contribution in [2.45, 2.75) is 6.55 Å². The second-order valence-corrected chi connectivity index (χ2v) is 8.76. The van der Waals surface area contributed by atoms with Crippen LogP contribution in [-0.4, -0.2) is 23.4 Å². The molecule has 0 nitrogen and oxygen atoms in total. The van der Waals surface area contributed by atoms with Crippen molar-refractivity contribution in [3.63, 3.8) is 0 Å². The van der Waals surface area contributed by atoms with E-state index in [1.165, 1.54) is 10.4 Å². The molecule has 0 radical (unpaired) electrons. The first-order valence-corrected chi connectivity index (χ1v) is 8.32. The molecule has 0 atom stereocenters. The van der Waals surface area contributed by atoms with Crippen molar-refractivity contribution in [3.8, 4) is 0 Å². The molecule has 0 aromatic heterocycles. The fraction of sp³-hybridized carbons (Fsp3) is 0.0769. The second kappa shape index (κ2) is 4.41. The summed E-state index contributed by atoms with van der Waals surface area (Å²) in [4.78, 5) is 0. The molecule has 0 aliphatic carbocycles. The van der Waals surface area contributed by atoms with Crippen molar-refractivity contribution in [1.82, 2.24) is 0 Å². The van der Waals surface area contributed by atoms with Crippen molar-refractivity contribution >= 4 is 33.8 Å². The Morgan fingerprint density at radius 3 is 1.40 bits per heavy atom. The Balaban J connectivity index is 2.44. The van der Waals surface area contributed by atoms with E-state index in [1.54, 1.807) is 0 Å². The monoisotopic (exact) mass is 204 g/mol. The summed E-state index contributed by atoms with van der Waals surface area (Å²) in [5, 5.41) is 2.99. The van der Waals surface area contributed by atoms with Crippen LogP contribution in [0.4, 0.5) is 0 Å². The Hall–Kier alpha value is -0.746. The normalized spacial score (nSPS) is 11.4. The molecule has 0 aliphatic heterocycles. The Morgan fingerprint density at radius 2 is 1.07 bits per heavy atom. The first kappa shape index (κ1) is 10.8. The van der Waals surface area contributed by atoms with Crippen molar-refractivity contribution in [1.29, 1.82) is 0 Å². The minimum absolute atomic E-state index is 1.46. The molecule has 2 aromatic rings. The minimum atomic E-state index is -1.46. The van der Waals surface area contributed by atoms with Crippen LogP contribution in [0.5, 0.6) is 0 Å². The molecule has 2 heteroatoms. The second-order valence-electron chi connectivity index (χ2n) is 4.36. The number of hydrogen-bond donors (Lipinski definition) is 0. The molecule has 0 N–H and O–H groups in total. The van der Waals surface area contributed by atoms with Gasteiger partial charge in [-0.1, -0.05) is 0 Å². The van der Waals surface area contributed by atoms with Crippen LogP contribution in [0.2, 0.25) is 6.55 Å². The molecule has 70 valence electrons. The van der Waals surface area contributed by atoms with E-state index in [0.29, 0.717) is 0 Å². The van der Waals surface area contributed by atoms with E-state index < -0.39 is 6.40 Å². The predicted octanol–water partition coefficient (Wildman–Crippen LogP) is 1.54. The van der Waals surface area contributed by atoms with Crippen molar-refractivity contribution in [3.05, 3.63) is 60.7 Å². The fourth-order valence-corrected chi connectivity index (χ4v) is 4.26. The molecule has 0 saturated carbocycles. The van der Waals surface area contributed by atoms with E-state index in [1.807, 2.05) is 0 Å². The first-order chi connectivity index (χ1) is 7.21. The van der Waals surface area contributed by atoms with Crippen LogP contribution in [0.15, 0.2) is 60.7 Å². The summed E-state index contributed by atoms with van der Waals surface area (Å²) in [5.74, 6) is 0. The van der Waals surface area contributed by atoms with Gasteiger partial charge in [-0.2, -0.15) is 0 Å². The van der Waals surface area contributed by atoms with Gasteiger partial charge in [-0.3, -0.25) is 0 Å². The van der Waals surface area contributed by atoms with E-state index in [4.69, 9.17) is 0 Å². The summed E-state index contributed by atoms with van der Waals surface area (Å²) in [7, 11) is 0. The summed E-state index contributed by atoms with van der Waals surface area (Å²) >= 11 is 2.40.